The van der Waals surface area contributed by atoms with Crippen LogP contribution in [0.5, 0.6) is 0 Å². The molecule has 0 spiro atoms. The van der Waals surface area contributed by atoms with Crippen LogP contribution in [0.1, 0.15) is 33.3 Å². The summed E-state index contributed by atoms with van der Waals surface area (Å²) < 4.78 is 9.05. The van der Waals surface area contributed by atoms with Crippen molar-refractivity contribution >= 4 is 30.6 Å². The molecule has 1 radical (unpaired) electrons. The molecule has 2 rings (SSSR count). The maximum atomic E-state index is 10.3. The smallest absolute Gasteiger partial charge is 0.333 e. The highest BCUT2D eigenvalue weighted by Crippen LogP contribution is 2.25. The van der Waals surface area contributed by atoms with Crippen molar-refractivity contribution in [2.45, 2.75) is 50.3 Å². The van der Waals surface area contributed by atoms with Gasteiger partial charge in [0.1, 0.15) is 0 Å². The minimum Gasteiger partial charge on any atom is -0.427 e. The Morgan fingerprint density at radius 1 is 1.08 bits per heavy atom. The Hall–Kier alpha value is -1.47. The van der Waals surface area contributed by atoms with Crippen LogP contribution in [0.25, 0.3) is 0 Å². The molecular formula is C20H28BN2O2S. The van der Waals surface area contributed by atoms with E-state index in [1.54, 1.807) is 33.3 Å². The first kappa shape index (κ1) is 20.8. The Morgan fingerprint density at radius 2 is 1.77 bits per heavy atom. The van der Waals surface area contributed by atoms with Crippen LogP contribution in [0, 0.1) is 0 Å². The molecule has 2 aromatic rings. The summed E-state index contributed by atoms with van der Waals surface area (Å²) in [5.41, 5.74) is 1.47. The fraction of sp³-hybridized carbons (Fsp3) is 0.400. The summed E-state index contributed by atoms with van der Waals surface area (Å²) >= 11 is 1.55. The highest BCUT2D eigenvalue weighted by atomic mass is 32.2. The maximum absolute atomic E-state index is 10.3. The van der Waals surface area contributed by atoms with Gasteiger partial charge >= 0.3 is 7.48 Å². The van der Waals surface area contributed by atoms with Crippen LogP contribution in [0.4, 0.5) is 5.69 Å². The van der Waals surface area contributed by atoms with Crippen LogP contribution in [0.2, 0.25) is 0 Å². The van der Waals surface area contributed by atoms with Crippen molar-refractivity contribution in [3.05, 3.63) is 54.1 Å². The van der Waals surface area contributed by atoms with E-state index >= 15 is 0 Å². The average molecular weight is 371 g/mol. The molecule has 0 bridgehead atoms. The first-order valence-electron chi connectivity index (χ1n) is 8.72. The lowest BCUT2D eigenvalue weighted by Crippen LogP contribution is -2.49. The summed E-state index contributed by atoms with van der Waals surface area (Å²) in [5, 5.41) is 13.8. The number of anilines is 1. The highest BCUT2D eigenvalue weighted by Gasteiger charge is 2.35. The molecule has 6 heteroatoms. The van der Waals surface area contributed by atoms with E-state index in [9.17, 15) is 5.11 Å². The molecule has 0 saturated heterocycles. The van der Waals surface area contributed by atoms with Crippen molar-refractivity contribution < 1.29 is 9.76 Å². The van der Waals surface area contributed by atoms with Crippen LogP contribution < -0.4 is 15.5 Å². The lowest BCUT2D eigenvalue weighted by atomic mass is 9.81. The second-order valence-corrected chi connectivity index (χ2v) is 8.28. The molecule has 0 atom stereocenters. The molecule has 0 aromatic heterocycles. The minimum atomic E-state index is -0.960. The number of hydrogen-bond donors (Lipinski definition) is 3. The number of rotatable bonds is 9. The summed E-state index contributed by atoms with van der Waals surface area (Å²) in [6.45, 7) is 8.00. The van der Waals surface area contributed by atoms with Gasteiger partial charge in [-0.3, -0.25) is 4.72 Å². The summed E-state index contributed by atoms with van der Waals surface area (Å²) in [6, 6.07) is 16.4. The summed E-state index contributed by atoms with van der Waals surface area (Å²) in [7, 11) is 3.62. The van der Waals surface area contributed by atoms with Crippen molar-refractivity contribution in [3.8, 4) is 0 Å². The van der Waals surface area contributed by atoms with E-state index < -0.39 is 11.2 Å². The maximum Gasteiger partial charge on any atom is 0.333 e. The van der Waals surface area contributed by atoms with E-state index in [0.717, 1.165) is 22.6 Å². The van der Waals surface area contributed by atoms with E-state index in [2.05, 4.69) is 40.4 Å². The molecule has 26 heavy (non-hydrogen) atoms. The van der Waals surface area contributed by atoms with Gasteiger partial charge in [-0.15, -0.1) is 0 Å². The van der Waals surface area contributed by atoms with Crippen LogP contribution >= 0.6 is 11.9 Å². The Morgan fingerprint density at radius 3 is 2.38 bits per heavy atom. The third-order valence-corrected chi connectivity index (χ3v) is 5.22. The second kappa shape index (κ2) is 8.95. The summed E-state index contributed by atoms with van der Waals surface area (Å²) in [5.74, 6) is 0. The molecule has 0 aliphatic heterocycles. The molecule has 2 aromatic carbocycles. The highest BCUT2D eigenvalue weighted by molar-refractivity contribution is 7.97. The predicted octanol–water partition coefficient (Wildman–Crippen LogP) is 3.34. The molecular weight excluding hydrogens is 343 g/mol. The van der Waals surface area contributed by atoms with Crippen molar-refractivity contribution in [2.24, 2.45) is 0 Å². The monoisotopic (exact) mass is 371 g/mol. The van der Waals surface area contributed by atoms with Gasteiger partial charge in [-0.1, -0.05) is 30.3 Å². The first-order chi connectivity index (χ1) is 12.2. The Bertz CT molecular complexity index is 703. The van der Waals surface area contributed by atoms with Crippen LogP contribution in [-0.2, 0) is 11.2 Å². The van der Waals surface area contributed by atoms with Gasteiger partial charge in [0.25, 0.3) is 0 Å². The van der Waals surface area contributed by atoms with Gasteiger partial charge in [0.05, 0.1) is 11.2 Å². The fourth-order valence-electron chi connectivity index (χ4n) is 2.13. The molecule has 0 amide bonds. The largest absolute Gasteiger partial charge is 0.427 e. The van der Waals surface area contributed by atoms with Crippen molar-refractivity contribution in [1.29, 1.82) is 0 Å². The van der Waals surface area contributed by atoms with Crippen molar-refractivity contribution in [1.82, 2.24) is 4.72 Å². The van der Waals surface area contributed by atoms with Crippen LogP contribution in [0.15, 0.2) is 53.4 Å². The zero-order valence-corrected chi connectivity index (χ0v) is 17.0. The minimum absolute atomic E-state index is 0.712. The molecule has 3 N–H and O–H groups in total. The quantitative estimate of drug-likeness (QED) is 0.466. The van der Waals surface area contributed by atoms with Gasteiger partial charge in [-0.2, -0.15) is 0 Å². The molecule has 139 valence electrons. The van der Waals surface area contributed by atoms with Gasteiger partial charge in [-0.25, -0.2) is 0 Å². The lowest BCUT2D eigenvalue weighted by molar-refractivity contribution is -0.0893. The van der Waals surface area contributed by atoms with E-state index in [1.807, 2.05) is 39.1 Å². The Labute approximate surface area is 162 Å². The Balaban J connectivity index is 2.16. The van der Waals surface area contributed by atoms with Crippen molar-refractivity contribution in [2.75, 3.05) is 12.4 Å². The zero-order chi connectivity index (χ0) is 19.2. The number of benzene rings is 2. The predicted molar refractivity (Wildman–Crippen MR) is 112 cm³/mol. The summed E-state index contributed by atoms with van der Waals surface area (Å²) in [6.07, 6.45) is 0. The number of hydrogen-bond acceptors (Lipinski definition) is 5. The van der Waals surface area contributed by atoms with Crippen LogP contribution in [-0.4, -0.2) is 30.8 Å². The molecule has 0 aliphatic carbocycles. The lowest BCUT2D eigenvalue weighted by Gasteiger charge is -2.37. The fourth-order valence-corrected chi connectivity index (χ4v) is 2.69. The molecule has 0 unspecified atom stereocenters. The summed E-state index contributed by atoms with van der Waals surface area (Å²) in [4.78, 5) is 1.09. The van der Waals surface area contributed by atoms with Gasteiger partial charge in [-0.05, 0) is 75.9 Å². The van der Waals surface area contributed by atoms with Crippen LogP contribution in [0.3, 0.4) is 0 Å². The molecule has 0 heterocycles. The van der Waals surface area contributed by atoms with Gasteiger partial charge in [0, 0.05) is 17.1 Å². The van der Waals surface area contributed by atoms with Gasteiger partial charge in [0.2, 0.25) is 0 Å². The van der Waals surface area contributed by atoms with Gasteiger partial charge in [0.15, 0.2) is 0 Å². The average Bonchev–Trinajstić information content (AvgIpc) is 2.59. The SMILES string of the molecule is CNSc1ccc(NCc2ccccc2)c([B]OC(C)(C)C(C)(C)O)c1. The standard InChI is InChI=1S/C20H28BN2O2S/c1-19(2,24)20(3,4)25-21-17-13-16(26-22-5)11-12-18(17)23-14-15-9-7-6-8-10-15/h6-13,22-24H,14H2,1-5H3. The van der Waals surface area contributed by atoms with E-state index in [-0.39, 0.29) is 0 Å². The van der Waals surface area contributed by atoms with Gasteiger partial charge < -0.3 is 15.1 Å². The zero-order valence-electron chi connectivity index (χ0n) is 16.2. The number of aliphatic hydroxyl groups is 1. The first-order valence-corrected chi connectivity index (χ1v) is 9.53. The topological polar surface area (TPSA) is 53.5 Å². The molecule has 4 nitrogen and oxygen atoms in total. The Kier molecular flexibility index (Phi) is 7.18. The van der Waals surface area contributed by atoms with Crippen molar-refractivity contribution in [3.63, 3.8) is 0 Å². The second-order valence-electron chi connectivity index (χ2n) is 7.20. The van der Waals surface area contributed by atoms with E-state index in [1.165, 1.54) is 5.56 Å². The third-order valence-electron chi connectivity index (χ3n) is 4.52. The third kappa shape index (κ3) is 5.78. The molecule has 0 saturated carbocycles. The molecule has 0 aliphatic rings. The van der Waals surface area contributed by atoms with E-state index in [0.29, 0.717) is 0 Å². The normalized spacial score (nSPS) is 12.1. The van der Waals surface area contributed by atoms with E-state index in [4.69, 9.17) is 4.65 Å². The number of nitrogens with one attached hydrogen (secondary N) is 2. The molecule has 0 fully saturated rings.